The molecule has 3 heterocycles. The van der Waals surface area contributed by atoms with Crippen molar-refractivity contribution in [2.24, 2.45) is 0 Å². The first kappa shape index (κ1) is 18.3. The lowest BCUT2D eigenvalue weighted by molar-refractivity contribution is 0.151. The molecule has 0 atom stereocenters. The summed E-state index contributed by atoms with van der Waals surface area (Å²) in [7, 11) is 1.58. The molecule has 8 heteroatoms. The van der Waals surface area contributed by atoms with E-state index in [2.05, 4.69) is 15.1 Å². The van der Waals surface area contributed by atoms with E-state index < -0.39 is 6.43 Å². The van der Waals surface area contributed by atoms with Crippen LogP contribution in [0.3, 0.4) is 0 Å². The minimum Gasteiger partial charge on any atom is -0.495 e. The first-order valence-electron chi connectivity index (χ1n) is 8.42. The molecule has 0 saturated carbocycles. The van der Waals surface area contributed by atoms with Gasteiger partial charge in [0.15, 0.2) is 0 Å². The molecule has 0 bridgehead atoms. The minimum absolute atomic E-state index is 0.0448. The van der Waals surface area contributed by atoms with E-state index in [0.29, 0.717) is 28.9 Å². The number of aromatic nitrogens is 4. The van der Waals surface area contributed by atoms with Crippen LogP contribution in [0.5, 0.6) is 5.75 Å². The summed E-state index contributed by atoms with van der Waals surface area (Å²) in [4.78, 5) is 8.56. The van der Waals surface area contributed by atoms with Gasteiger partial charge in [0.2, 0.25) is 0 Å². The number of hydrogen-bond acceptors (Lipinski definition) is 4. The van der Waals surface area contributed by atoms with Crippen LogP contribution >= 0.6 is 11.6 Å². The van der Waals surface area contributed by atoms with Crippen molar-refractivity contribution < 1.29 is 13.5 Å². The van der Waals surface area contributed by atoms with E-state index in [0.717, 1.165) is 11.1 Å². The standard InChI is InChI=1S/C20H15ClF2N4O/c1-28-15-4-12(7-24-9-15)11-27-19-6-14(8-25-18(19)10-26-27)13-2-3-17(21)16(5-13)20(22)23/h2-10,20H,11H2,1H3. The number of fused-ring (bicyclic) bond motifs is 1. The number of nitrogens with zero attached hydrogens (tertiary/aromatic N) is 4. The number of alkyl halides is 2. The molecule has 0 N–H and O–H groups in total. The van der Waals surface area contributed by atoms with Crippen molar-refractivity contribution >= 4 is 22.6 Å². The molecule has 1 aromatic carbocycles. The number of rotatable bonds is 5. The van der Waals surface area contributed by atoms with Crippen molar-refractivity contribution in [3.8, 4) is 16.9 Å². The van der Waals surface area contributed by atoms with E-state index in [1.807, 2.05) is 12.1 Å². The van der Waals surface area contributed by atoms with Gasteiger partial charge in [-0.3, -0.25) is 14.6 Å². The summed E-state index contributed by atoms with van der Waals surface area (Å²) >= 11 is 5.87. The summed E-state index contributed by atoms with van der Waals surface area (Å²) < 4.78 is 33.3. The molecule has 4 rings (SSSR count). The number of ether oxygens (including phenoxy) is 1. The Hall–Kier alpha value is -3.06. The fourth-order valence-electron chi connectivity index (χ4n) is 2.97. The van der Waals surface area contributed by atoms with E-state index in [9.17, 15) is 8.78 Å². The van der Waals surface area contributed by atoms with Crippen molar-refractivity contribution in [3.05, 3.63) is 71.3 Å². The van der Waals surface area contributed by atoms with Gasteiger partial charge < -0.3 is 4.74 Å². The maximum atomic E-state index is 13.2. The molecule has 0 saturated heterocycles. The highest BCUT2D eigenvalue weighted by molar-refractivity contribution is 6.31. The lowest BCUT2D eigenvalue weighted by atomic mass is 10.0. The molecule has 4 aromatic rings. The molecular formula is C20H15ClF2N4O. The van der Waals surface area contributed by atoms with Crippen LogP contribution in [0.15, 0.2) is 55.1 Å². The number of benzene rings is 1. The molecule has 0 aliphatic rings. The minimum atomic E-state index is -2.64. The van der Waals surface area contributed by atoms with Crippen molar-refractivity contribution in [1.82, 2.24) is 19.7 Å². The van der Waals surface area contributed by atoms with E-state index in [1.165, 1.54) is 12.1 Å². The molecule has 0 unspecified atom stereocenters. The van der Waals surface area contributed by atoms with Gasteiger partial charge in [-0.1, -0.05) is 17.7 Å². The number of hydrogen-bond donors (Lipinski definition) is 0. The summed E-state index contributed by atoms with van der Waals surface area (Å²) in [5.41, 5.74) is 3.54. The van der Waals surface area contributed by atoms with E-state index in [-0.39, 0.29) is 10.6 Å². The van der Waals surface area contributed by atoms with Crippen molar-refractivity contribution in [3.63, 3.8) is 0 Å². The predicted octanol–water partition coefficient (Wildman–Crippen LogP) is 5.14. The first-order chi connectivity index (χ1) is 13.5. The van der Waals surface area contributed by atoms with Gasteiger partial charge in [0, 0.05) is 28.5 Å². The highest BCUT2D eigenvalue weighted by Crippen LogP contribution is 2.32. The number of methoxy groups -OCH3 is 1. The van der Waals surface area contributed by atoms with Gasteiger partial charge in [-0.05, 0) is 35.4 Å². The van der Waals surface area contributed by atoms with Gasteiger partial charge in [-0.25, -0.2) is 8.78 Å². The molecule has 0 amide bonds. The lowest BCUT2D eigenvalue weighted by Crippen LogP contribution is -2.02. The molecule has 142 valence electrons. The highest BCUT2D eigenvalue weighted by atomic mass is 35.5. The second-order valence-corrected chi connectivity index (χ2v) is 6.61. The fourth-order valence-corrected chi connectivity index (χ4v) is 3.17. The number of pyridine rings is 2. The zero-order chi connectivity index (χ0) is 19.7. The zero-order valence-electron chi connectivity index (χ0n) is 14.8. The highest BCUT2D eigenvalue weighted by Gasteiger charge is 2.14. The third kappa shape index (κ3) is 3.53. The molecule has 0 fully saturated rings. The van der Waals surface area contributed by atoms with Crippen LogP contribution in [-0.4, -0.2) is 26.9 Å². The normalized spacial score (nSPS) is 11.3. The maximum absolute atomic E-state index is 13.2. The summed E-state index contributed by atoms with van der Waals surface area (Å²) in [5, 5.41) is 4.43. The quantitative estimate of drug-likeness (QED) is 0.465. The van der Waals surface area contributed by atoms with E-state index >= 15 is 0 Å². The Labute approximate surface area is 164 Å². The topological polar surface area (TPSA) is 52.8 Å². The van der Waals surface area contributed by atoms with Crippen LogP contribution in [-0.2, 0) is 6.54 Å². The average molecular weight is 401 g/mol. The Kier molecular flexibility index (Phi) is 4.92. The van der Waals surface area contributed by atoms with Gasteiger partial charge in [0.1, 0.15) is 11.3 Å². The van der Waals surface area contributed by atoms with Crippen LogP contribution in [0.25, 0.3) is 22.2 Å². The zero-order valence-corrected chi connectivity index (χ0v) is 15.6. The summed E-state index contributed by atoms with van der Waals surface area (Å²) in [6.45, 7) is 0.474. The summed E-state index contributed by atoms with van der Waals surface area (Å²) in [6, 6.07) is 8.32. The van der Waals surface area contributed by atoms with Crippen LogP contribution in [0.1, 0.15) is 17.6 Å². The Morgan fingerprint density at radius 3 is 2.71 bits per heavy atom. The van der Waals surface area contributed by atoms with Crippen LogP contribution < -0.4 is 4.74 Å². The second kappa shape index (κ2) is 7.52. The van der Waals surface area contributed by atoms with E-state index in [1.54, 1.807) is 42.6 Å². The summed E-state index contributed by atoms with van der Waals surface area (Å²) in [6.07, 6.45) is 4.03. The van der Waals surface area contributed by atoms with E-state index in [4.69, 9.17) is 16.3 Å². The van der Waals surface area contributed by atoms with Gasteiger partial charge in [0.25, 0.3) is 6.43 Å². The Morgan fingerprint density at radius 2 is 1.93 bits per heavy atom. The molecule has 0 aliphatic carbocycles. The number of halogens is 3. The third-order valence-corrected chi connectivity index (χ3v) is 4.74. The van der Waals surface area contributed by atoms with Gasteiger partial charge in [-0.15, -0.1) is 0 Å². The van der Waals surface area contributed by atoms with Gasteiger partial charge in [0.05, 0.1) is 31.6 Å². The van der Waals surface area contributed by atoms with Gasteiger partial charge in [-0.2, -0.15) is 5.10 Å². The molecule has 3 aromatic heterocycles. The van der Waals surface area contributed by atoms with Gasteiger partial charge >= 0.3 is 0 Å². The molecule has 28 heavy (non-hydrogen) atoms. The fraction of sp³-hybridized carbons (Fsp3) is 0.150. The Bertz CT molecular complexity index is 1150. The average Bonchev–Trinajstić information content (AvgIpc) is 3.10. The predicted molar refractivity (Wildman–Crippen MR) is 103 cm³/mol. The first-order valence-corrected chi connectivity index (χ1v) is 8.80. The Balaban J connectivity index is 1.73. The van der Waals surface area contributed by atoms with Crippen LogP contribution in [0.2, 0.25) is 5.02 Å². The lowest BCUT2D eigenvalue weighted by Gasteiger charge is -2.09. The molecule has 0 spiro atoms. The van der Waals surface area contributed by atoms with Crippen molar-refractivity contribution in [1.29, 1.82) is 0 Å². The summed E-state index contributed by atoms with van der Waals surface area (Å²) in [5.74, 6) is 0.661. The van der Waals surface area contributed by atoms with Crippen LogP contribution in [0, 0.1) is 0 Å². The molecule has 0 aliphatic heterocycles. The van der Waals surface area contributed by atoms with Crippen LogP contribution in [0.4, 0.5) is 8.78 Å². The van der Waals surface area contributed by atoms with Crippen molar-refractivity contribution in [2.45, 2.75) is 13.0 Å². The molecular weight excluding hydrogens is 386 g/mol. The molecule has 0 radical (unpaired) electrons. The second-order valence-electron chi connectivity index (χ2n) is 6.20. The largest absolute Gasteiger partial charge is 0.495 e. The molecule has 5 nitrogen and oxygen atoms in total. The third-order valence-electron chi connectivity index (χ3n) is 4.40. The maximum Gasteiger partial charge on any atom is 0.265 e. The van der Waals surface area contributed by atoms with Crippen molar-refractivity contribution in [2.75, 3.05) is 7.11 Å². The SMILES string of the molecule is COc1cncc(Cn2ncc3ncc(-c4ccc(Cl)c(C(F)F)c4)cc32)c1. The smallest absolute Gasteiger partial charge is 0.265 e. The monoisotopic (exact) mass is 400 g/mol. The Morgan fingerprint density at radius 1 is 1.07 bits per heavy atom.